The highest BCUT2D eigenvalue weighted by Crippen LogP contribution is 2.39. The summed E-state index contributed by atoms with van der Waals surface area (Å²) in [4.78, 5) is 13.4. The summed E-state index contributed by atoms with van der Waals surface area (Å²) in [5.74, 6) is -0.280. The van der Waals surface area contributed by atoms with Crippen molar-refractivity contribution in [3.05, 3.63) is 66.0 Å². The van der Waals surface area contributed by atoms with E-state index in [4.69, 9.17) is 4.74 Å². The third-order valence-electron chi connectivity index (χ3n) is 4.42. The van der Waals surface area contributed by atoms with Crippen molar-refractivity contribution in [1.82, 2.24) is 10.6 Å². The minimum absolute atomic E-state index is 0.0627. The smallest absolute Gasteiger partial charge is 0.315 e. The Morgan fingerprint density at radius 3 is 2.42 bits per heavy atom. The summed E-state index contributed by atoms with van der Waals surface area (Å²) in [6.07, 6.45) is 1.79. The number of halogens is 1. The van der Waals surface area contributed by atoms with Crippen LogP contribution in [0.15, 0.2) is 59.5 Å². The van der Waals surface area contributed by atoms with Crippen LogP contribution in [0.3, 0.4) is 0 Å². The summed E-state index contributed by atoms with van der Waals surface area (Å²) >= 11 is 1.81. The fraction of sp³-hybridized carbons (Fsp3) is 0.350. The Kier molecular flexibility index (Phi) is 6.52. The lowest BCUT2D eigenvalue weighted by Crippen LogP contribution is -2.47. The molecule has 0 atom stereocenters. The fourth-order valence-electron chi connectivity index (χ4n) is 2.89. The normalized spacial score (nSPS) is 16.0. The van der Waals surface area contributed by atoms with Crippen molar-refractivity contribution in [2.24, 2.45) is 0 Å². The first-order chi connectivity index (χ1) is 12.7. The van der Waals surface area contributed by atoms with E-state index in [1.807, 2.05) is 18.2 Å². The van der Waals surface area contributed by atoms with Crippen molar-refractivity contribution in [2.45, 2.75) is 29.0 Å². The highest BCUT2D eigenvalue weighted by Gasteiger charge is 2.34. The quantitative estimate of drug-likeness (QED) is 0.804. The SMILES string of the molecule is O=C(NCc1ccc(F)cc1)NCC1(Sc2ccccc2)CCOCC1. The zero-order valence-electron chi connectivity index (χ0n) is 14.5. The van der Waals surface area contributed by atoms with E-state index in [0.717, 1.165) is 18.4 Å². The standard InChI is InChI=1S/C20H23FN2O2S/c21-17-8-6-16(7-9-17)14-22-19(24)23-15-20(10-12-25-13-11-20)26-18-4-2-1-3-5-18/h1-9H,10-15H2,(H2,22,23,24). The number of amides is 2. The van der Waals surface area contributed by atoms with Crippen LogP contribution in [-0.4, -0.2) is 30.5 Å². The Bertz CT molecular complexity index is 704. The second-order valence-corrected chi connectivity index (χ2v) is 7.91. The molecule has 6 heteroatoms. The van der Waals surface area contributed by atoms with Crippen LogP contribution in [-0.2, 0) is 11.3 Å². The predicted octanol–water partition coefficient (Wildman–Crippen LogP) is 3.97. The van der Waals surface area contributed by atoms with E-state index in [1.165, 1.54) is 17.0 Å². The van der Waals surface area contributed by atoms with Crippen LogP contribution in [0, 0.1) is 5.82 Å². The molecule has 0 aromatic heterocycles. The molecule has 2 aromatic carbocycles. The first-order valence-corrected chi connectivity index (χ1v) is 9.55. The second-order valence-electron chi connectivity index (χ2n) is 6.37. The first kappa shape index (κ1) is 18.7. The number of hydrogen-bond acceptors (Lipinski definition) is 3. The molecule has 2 amide bonds. The lowest BCUT2D eigenvalue weighted by molar-refractivity contribution is 0.0776. The lowest BCUT2D eigenvalue weighted by atomic mass is 9.99. The van der Waals surface area contributed by atoms with Gasteiger partial charge in [-0.1, -0.05) is 30.3 Å². The molecule has 2 aromatic rings. The predicted molar refractivity (Wildman–Crippen MR) is 102 cm³/mol. The summed E-state index contributed by atoms with van der Waals surface area (Å²) in [6.45, 7) is 2.36. The molecule has 1 saturated heterocycles. The average Bonchev–Trinajstić information content (AvgIpc) is 2.67. The van der Waals surface area contributed by atoms with Gasteiger partial charge in [-0.25, -0.2) is 9.18 Å². The number of urea groups is 1. The van der Waals surface area contributed by atoms with Gasteiger partial charge >= 0.3 is 6.03 Å². The molecule has 0 radical (unpaired) electrons. The molecular weight excluding hydrogens is 351 g/mol. The van der Waals surface area contributed by atoms with Crippen molar-refractivity contribution in [3.8, 4) is 0 Å². The van der Waals surface area contributed by atoms with Crippen molar-refractivity contribution in [2.75, 3.05) is 19.8 Å². The van der Waals surface area contributed by atoms with Gasteiger partial charge in [0.1, 0.15) is 5.82 Å². The average molecular weight is 374 g/mol. The molecule has 1 heterocycles. The van der Waals surface area contributed by atoms with Gasteiger partial charge in [0, 0.05) is 35.9 Å². The van der Waals surface area contributed by atoms with E-state index in [1.54, 1.807) is 23.9 Å². The molecule has 4 nitrogen and oxygen atoms in total. The molecule has 0 bridgehead atoms. The van der Waals surface area contributed by atoms with Crippen molar-refractivity contribution >= 4 is 17.8 Å². The first-order valence-electron chi connectivity index (χ1n) is 8.73. The number of benzene rings is 2. The Hall–Kier alpha value is -2.05. The minimum atomic E-state index is -0.280. The molecule has 0 saturated carbocycles. The third kappa shape index (κ3) is 5.47. The van der Waals surface area contributed by atoms with Crippen LogP contribution in [0.25, 0.3) is 0 Å². The zero-order chi connectivity index (χ0) is 18.2. The molecule has 138 valence electrons. The molecule has 2 N–H and O–H groups in total. The van der Waals surface area contributed by atoms with Gasteiger partial charge in [0.2, 0.25) is 0 Å². The summed E-state index contributed by atoms with van der Waals surface area (Å²) in [7, 11) is 0. The molecule has 1 fully saturated rings. The van der Waals surface area contributed by atoms with Gasteiger partial charge in [-0.3, -0.25) is 0 Å². The number of hydrogen-bond donors (Lipinski definition) is 2. The maximum atomic E-state index is 12.9. The summed E-state index contributed by atoms with van der Waals surface area (Å²) in [6, 6.07) is 16.1. The number of carbonyl (C=O) groups excluding carboxylic acids is 1. The van der Waals surface area contributed by atoms with Gasteiger partial charge in [0.05, 0.1) is 0 Å². The molecule has 0 unspecified atom stereocenters. The van der Waals surface area contributed by atoms with Crippen LogP contribution in [0.1, 0.15) is 18.4 Å². The van der Waals surface area contributed by atoms with Gasteiger partial charge in [-0.2, -0.15) is 0 Å². The fourth-order valence-corrected chi connectivity index (χ4v) is 4.19. The number of thioether (sulfide) groups is 1. The van der Waals surface area contributed by atoms with Crippen LogP contribution in [0.2, 0.25) is 0 Å². The molecule has 0 spiro atoms. The van der Waals surface area contributed by atoms with Crippen molar-refractivity contribution in [3.63, 3.8) is 0 Å². The minimum Gasteiger partial charge on any atom is -0.381 e. The maximum Gasteiger partial charge on any atom is 0.315 e. The number of ether oxygens (including phenoxy) is 1. The number of rotatable bonds is 6. The molecule has 1 aliphatic heterocycles. The topological polar surface area (TPSA) is 50.4 Å². The Morgan fingerprint density at radius 1 is 1.04 bits per heavy atom. The van der Waals surface area contributed by atoms with Crippen LogP contribution in [0.5, 0.6) is 0 Å². The number of nitrogens with one attached hydrogen (secondary N) is 2. The van der Waals surface area contributed by atoms with Crippen molar-refractivity contribution in [1.29, 1.82) is 0 Å². The van der Waals surface area contributed by atoms with Crippen LogP contribution in [0.4, 0.5) is 9.18 Å². The summed E-state index contributed by atoms with van der Waals surface area (Å²) in [5, 5.41) is 5.82. The largest absolute Gasteiger partial charge is 0.381 e. The summed E-state index contributed by atoms with van der Waals surface area (Å²) in [5.41, 5.74) is 0.862. The Labute approximate surface area is 157 Å². The monoisotopic (exact) mass is 374 g/mol. The van der Waals surface area contributed by atoms with Gasteiger partial charge in [0.15, 0.2) is 0 Å². The van der Waals surface area contributed by atoms with Gasteiger partial charge < -0.3 is 15.4 Å². The molecule has 1 aliphatic rings. The Morgan fingerprint density at radius 2 is 1.73 bits per heavy atom. The molecular formula is C20H23FN2O2S. The van der Waals surface area contributed by atoms with E-state index in [9.17, 15) is 9.18 Å². The molecule has 26 heavy (non-hydrogen) atoms. The van der Waals surface area contributed by atoms with Crippen molar-refractivity contribution < 1.29 is 13.9 Å². The van der Waals surface area contributed by atoms with E-state index < -0.39 is 0 Å². The van der Waals surface area contributed by atoms with E-state index in [-0.39, 0.29) is 16.6 Å². The van der Waals surface area contributed by atoms with E-state index in [0.29, 0.717) is 26.3 Å². The van der Waals surface area contributed by atoms with Crippen LogP contribution >= 0.6 is 11.8 Å². The Balaban J connectivity index is 1.53. The molecule has 3 rings (SSSR count). The highest BCUT2D eigenvalue weighted by atomic mass is 32.2. The highest BCUT2D eigenvalue weighted by molar-refractivity contribution is 8.00. The maximum absolute atomic E-state index is 12.9. The van der Waals surface area contributed by atoms with Gasteiger partial charge in [0.25, 0.3) is 0 Å². The number of carbonyl (C=O) groups is 1. The van der Waals surface area contributed by atoms with E-state index >= 15 is 0 Å². The van der Waals surface area contributed by atoms with Crippen LogP contribution < -0.4 is 10.6 Å². The van der Waals surface area contributed by atoms with E-state index in [2.05, 4.69) is 22.8 Å². The second kappa shape index (κ2) is 9.05. The van der Waals surface area contributed by atoms with Gasteiger partial charge in [-0.15, -0.1) is 11.8 Å². The third-order valence-corrected chi connectivity index (χ3v) is 5.91. The summed E-state index contributed by atoms with van der Waals surface area (Å²) < 4.78 is 18.4. The zero-order valence-corrected chi connectivity index (χ0v) is 15.4. The lowest BCUT2D eigenvalue weighted by Gasteiger charge is -2.36. The van der Waals surface area contributed by atoms with Gasteiger partial charge in [-0.05, 0) is 42.7 Å². The molecule has 0 aliphatic carbocycles.